The lowest BCUT2D eigenvalue weighted by atomic mass is 9.93. The zero-order valence-electron chi connectivity index (χ0n) is 12.5. The number of aliphatic hydroxyl groups excluding tert-OH is 1. The predicted octanol–water partition coefficient (Wildman–Crippen LogP) is 3.46. The molecule has 0 heterocycles. The van der Waals surface area contributed by atoms with Gasteiger partial charge in [-0.3, -0.25) is 0 Å². The van der Waals surface area contributed by atoms with Gasteiger partial charge in [0, 0.05) is 6.04 Å². The van der Waals surface area contributed by atoms with Crippen molar-refractivity contribution in [3.05, 3.63) is 35.6 Å². The van der Waals surface area contributed by atoms with Crippen molar-refractivity contribution in [1.82, 2.24) is 5.32 Å². The SMILES string of the molecule is CC(O)CC(C)CNC1CCCC1c1ccc(F)cc1. The molecule has 1 aromatic rings. The van der Waals surface area contributed by atoms with E-state index in [4.69, 9.17) is 0 Å². The summed E-state index contributed by atoms with van der Waals surface area (Å²) in [6, 6.07) is 7.43. The maximum absolute atomic E-state index is 13.0. The molecule has 0 radical (unpaired) electrons. The van der Waals surface area contributed by atoms with Crippen LogP contribution >= 0.6 is 0 Å². The van der Waals surface area contributed by atoms with Crippen LogP contribution in [0.15, 0.2) is 24.3 Å². The third kappa shape index (κ3) is 4.29. The van der Waals surface area contributed by atoms with Gasteiger partial charge in [-0.2, -0.15) is 0 Å². The standard InChI is InChI=1S/C17H26FNO/c1-12(10-13(2)20)11-19-17-5-3-4-16(17)14-6-8-15(18)9-7-14/h6-9,12-13,16-17,19-20H,3-5,10-11H2,1-2H3. The number of halogens is 1. The van der Waals surface area contributed by atoms with Crippen molar-refractivity contribution in [2.75, 3.05) is 6.54 Å². The van der Waals surface area contributed by atoms with Gasteiger partial charge in [0.2, 0.25) is 0 Å². The predicted molar refractivity (Wildman–Crippen MR) is 80.2 cm³/mol. The summed E-state index contributed by atoms with van der Waals surface area (Å²) >= 11 is 0. The largest absolute Gasteiger partial charge is 0.393 e. The highest BCUT2D eigenvalue weighted by atomic mass is 19.1. The van der Waals surface area contributed by atoms with E-state index in [0.29, 0.717) is 17.9 Å². The van der Waals surface area contributed by atoms with Crippen molar-refractivity contribution in [2.45, 2.75) is 57.6 Å². The topological polar surface area (TPSA) is 32.3 Å². The molecule has 1 fully saturated rings. The third-order valence-electron chi connectivity index (χ3n) is 4.29. The first-order valence-corrected chi connectivity index (χ1v) is 7.73. The Bertz CT molecular complexity index is 404. The molecule has 0 amide bonds. The van der Waals surface area contributed by atoms with Crippen LogP contribution in [0.25, 0.3) is 0 Å². The maximum Gasteiger partial charge on any atom is 0.123 e. The summed E-state index contributed by atoms with van der Waals surface area (Å²) in [4.78, 5) is 0. The number of hydrogen-bond acceptors (Lipinski definition) is 2. The molecule has 2 rings (SSSR count). The monoisotopic (exact) mass is 279 g/mol. The highest BCUT2D eigenvalue weighted by Crippen LogP contribution is 2.34. The highest BCUT2D eigenvalue weighted by Gasteiger charge is 2.28. The van der Waals surface area contributed by atoms with Crippen LogP contribution < -0.4 is 5.32 Å². The molecule has 1 aliphatic rings. The van der Waals surface area contributed by atoms with Crippen LogP contribution in [0.4, 0.5) is 4.39 Å². The number of benzene rings is 1. The number of hydrogen-bond donors (Lipinski definition) is 2. The maximum atomic E-state index is 13.0. The lowest BCUT2D eigenvalue weighted by Crippen LogP contribution is -2.35. The first kappa shape index (κ1) is 15.5. The van der Waals surface area contributed by atoms with Crippen LogP contribution in [-0.2, 0) is 0 Å². The van der Waals surface area contributed by atoms with Crippen molar-refractivity contribution in [1.29, 1.82) is 0 Å². The summed E-state index contributed by atoms with van der Waals surface area (Å²) in [5, 5.41) is 13.1. The van der Waals surface area contributed by atoms with Crippen molar-refractivity contribution < 1.29 is 9.50 Å². The van der Waals surface area contributed by atoms with E-state index in [2.05, 4.69) is 12.2 Å². The highest BCUT2D eigenvalue weighted by molar-refractivity contribution is 5.23. The second kappa shape index (κ2) is 7.19. The number of aliphatic hydroxyl groups is 1. The fourth-order valence-electron chi connectivity index (χ4n) is 3.33. The van der Waals surface area contributed by atoms with E-state index in [0.717, 1.165) is 13.0 Å². The zero-order valence-corrected chi connectivity index (χ0v) is 12.5. The number of rotatable bonds is 6. The van der Waals surface area contributed by atoms with Crippen molar-refractivity contribution in [2.24, 2.45) is 5.92 Å². The molecule has 1 aromatic carbocycles. The summed E-state index contributed by atoms with van der Waals surface area (Å²) in [5.74, 6) is 0.806. The molecule has 0 aliphatic heterocycles. The molecule has 1 saturated carbocycles. The lowest BCUT2D eigenvalue weighted by Gasteiger charge is -2.24. The fourth-order valence-corrected chi connectivity index (χ4v) is 3.33. The first-order chi connectivity index (χ1) is 9.56. The molecule has 0 aromatic heterocycles. The minimum absolute atomic E-state index is 0.165. The Balaban J connectivity index is 1.89. The van der Waals surface area contributed by atoms with Gasteiger partial charge in [0.1, 0.15) is 5.82 Å². The minimum Gasteiger partial charge on any atom is -0.393 e. The van der Waals surface area contributed by atoms with E-state index in [9.17, 15) is 9.50 Å². The molecular weight excluding hydrogens is 253 g/mol. The van der Waals surface area contributed by atoms with Gasteiger partial charge in [-0.15, -0.1) is 0 Å². The third-order valence-corrected chi connectivity index (χ3v) is 4.29. The van der Waals surface area contributed by atoms with E-state index in [1.165, 1.54) is 24.8 Å². The van der Waals surface area contributed by atoms with Crippen molar-refractivity contribution >= 4 is 0 Å². The Morgan fingerprint density at radius 2 is 1.95 bits per heavy atom. The summed E-state index contributed by atoms with van der Waals surface area (Å²) in [7, 11) is 0. The molecular formula is C17H26FNO. The molecule has 1 aliphatic carbocycles. The Labute approximate surface area is 121 Å². The summed E-state index contributed by atoms with van der Waals surface area (Å²) in [5.41, 5.74) is 1.24. The minimum atomic E-state index is -0.233. The fraction of sp³-hybridized carbons (Fsp3) is 0.647. The van der Waals surface area contributed by atoms with Gasteiger partial charge in [-0.1, -0.05) is 25.5 Å². The van der Waals surface area contributed by atoms with Gasteiger partial charge in [0.25, 0.3) is 0 Å². The second-order valence-corrected chi connectivity index (χ2v) is 6.29. The van der Waals surface area contributed by atoms with Crippen LogP contribution in [0.1, 0.15) is 51.0 Å². The Hall–Kier alpha value is -0.930. The van der Waals surface area contributed by atoms with Crippen LogP contribution in [-0.4, -0.2) is 23.8 Å². The molecule has 4 unspecified atom stereocenters. The molecule has 112 valence electrons. The molecule has 4 atom stereocenters. The van der Waals surface area contributed by atoms with Gasteiger partial charge >= 0.3 is 0 Å². The average molecular weight is 279 g/mol. The van der Waals surface area contributed by atoms with Crippen molar-refractivity contribution in [3.8, 4) is 0 Å². The quantitative estimate of drug-likeness (QED) is 0.836. The van der Waals surface area contributed by atoms with Crippen LogP contribution in [0.5, 0.6) is 0 Å². The van der Waals surface area contributed by atoms with Gasteiger partial charge < -0.3 is 10.4 Å². The molecule has 3 heteroatoms. The zero-order chi connectivity index (χ0) is 14.5. The van der Waals surface area contributed by atoms with Crippen molar-refractivity contribution in [3.63, 3.8) is 0 Å². The number of nitrogens with one attached hydrogen (secondary N) is 1. The first-order valence-electron chi connectivity index (χ1n) is 7.73. The van der Waals surface area contributed by atoms with E-state index in [-0.39, 0.29) is 11.9 Å². The van der Waals surface area contributed by atoms with E-state index in [1.54, 1.807) is 12.1 Å². The van der Waals surface area contributed by atoms with Crippen LogP contribution in [0.2, 0.25) is 0 Å². The molecule has 2 N–H and O–H groups in total. The molecule has 20 heavy (non-hydrogen) atoms. The summed E-state index contributed by atoms with van der Waals surface area (Å²) in [6.07, 6.45) is 4.19. The Morgan fingerprint density at radius 3 is 2.60 bits per heavy atom. The van der Waals surface area contributed by atoms with Crippen LogP contribution in [0, 0.1) is 11.7 Å². The van der Waals surface area contributed by atoms with E-state index >= 15 is 0 Å². The summed E-state index contributed by atoms with van der Waals surface area (Å²) < 4.78 is 13.0. The Kier molecular flexibility index (Phi) is 5.55. The summed E-state index contributed by atoms with van der Waals surface area (Å²) in [6.45, 7) is 4.95. The van der Waals surface area contributed by atoms with Gasteiger partial charge in [0.15, 0.2) is 0 Å². The second-order valence-electron chi connectivity index (χ2n) is 6.29. The molecule has 0 saturated heterocycles. The van der Waals surface area contributed by atoms with E-state index < -0.39 is 0 Å². The molecule has 0 bridgehead atoms. The van der Waals surface area contributed by atoms with Gasteiger partial charge in [-0.25, -0.2) is 4.39 Å². The van der Waals surface area contributed by atoms with Crippen LogP contribution in [0.3, 0.4) is 0 Å². The van der Waals surface area contributed by atoms with E-state index in [1.807, 2.05) is 19.1 Å². The average Bonchev–Trinajstić information content (AvgIpc) is 2.85. The van der Waals surface area contributed by atoms with Gasteiger partial charge in [-0.05, 0) is 62.3 Å². The molecule has 0 spiro atoms. The van der Waals surface area contributed by atoms with Gasteiger partial charge in [0.05, 0.1) is 6.10 Å². The smallest absolute Gasteiger partial charge is 0.123 e. The molecule has 2 nitrogen and oxygen atoms in total. The lowest BCUT2D eigenvalue weighted by molar-refractivity contribution is 0.162. The normalized spacial score (nSPS) is 25.6. The Morgan fingerprint density at radius 1 is 1.25 bits per heavy atom.